The molecule has 3 aromatic rings. The molecule has 3 rings (SSSR count). The predicted molar refractivity (Wildman–Crippen MR) is 74.1 cm³/mol. The monoisotopic (exact) mass is 278 g/mol. The molecule has 0 atom stereocenters. The average molecular weight is 279 g/mol. The normalized spacial score (nSPS) is 11.2. The largest absolute Gasteiger partial charge is 0.330 e. The molecule has 0 aliphatic rings. The molecule has 0 fully saturated rings. The van der Waals surface area contributed by atoms with Gasteiger partial charge in [-0.3, -0.25) is 0 Å². The summed E-state index contributed by atoms with van der Waals surface area (Å²) in [6.45, 7) is 0.603. The van der Waals surface area contributed by atoms with Gasteiger partial charge in [0.25, 0.3) is 0 Å². The average Bonchev–Trinajstić information content (AvgIpc) is 2.87. The molecular formula is C12H11ClN4S. The van der Waals surface area contributed by atoms with Crippen molar-refractivity contribution < 1.29 is 0 Å². The van der Waals surface area contributed by atoms with Crippen LogP contribution in [0.1, 0.15) is 5.69 Å². The molecule has 0 bridgehead atoms. The van der Waals surface area contributed by atoms with Gasteiger partial charge in [-0.05, 0) is 18.7 Å². The van der Waals surface area contributed by atoms with Gasteiger partial charge in [0.15, 0.2) is 0 Å². The highest BCUT2D eigenvalue weighted by molar-refractivity contribution is 7.19. The van der Waals surface area contributed by atoms with Crippen LogP contribution in [0.15, 0.2) is 30.5 Å². The Morgan fingerprint density at radius 3 is 3.00 bits per heavy atom. The van der Waals surface area contributed by atoms with E-state index in [-0.39, 0.29) is 0 Å². The minimum Gasteiger partial charge on any atom is -0.330 e. The number of aromatic nitrogens is 3. The number of fused-ring (bicyclic) bond motifs is 1. The maximum absolute atomic E-state index is 5.97. The summed E-state index contributed by atoms with van der Waals surface area (Å²) in [6, 6.07) is 7.66. The van der Waals surface area contributed by atoms with Gasteiger partial charge in [0.05, 0.1) is 11.9 Å². The molecule has 4 nitrogen and oxygen atoms in total. The number of benzene rings is 1. The Morgan fingerprint density at radius 1 is 1.39 bits per heavy atom. The van der Waals surface area contributed by atoms with Crippen LogP contribution < -0.4 is 5.73 Å². The Balaban J connectivity index is 2.01. The van der Waals surface area contributed by atoms with Crippen LogP contribution in [0.25, 0.3) is 15.5 Å². The van der Waals surface area contributed by atoms with Crippen molar-refractivity contribution >= 4 is 27.9 Å². The summed E-state index contributed by atoms with van der Waals surface area (Å²) in [4.78, 5) is 5.36. The predicted octanol–water partition coefficient (Wildman–Crippen LogP) is 2.61. The molecule has 0 amide bonds. The minimum atomic E-state index is 0.603. The van der Waals surface area contributed by atoms with Crippen molar-refractivity contribution in [1.29, 1.82) is 0 Å². The maximum atomic E-state index is 5.97. The van der Waals surface area contributed by atoms with Crippen LogP contribution in [0.5, 0.6) is 0 Å². The first kappa shape index (κ1) is 11.6. The van der Waals surface area contributed by atoms with Crippen molar-refractivity contribution in [3.63, 3.8) is 0 Å². The topological polar surface area (TPSA) is 56.2 Å². The van der Waals surface area contributed by atoms with Crippen molar-refractivity contribution in [2.75, 3.05) is 6.54 Å². The molecule has 2 heterocycles. The van der Waals surface area contributed by atoms with Crippen LogP contribution in [0, 0.1) is 0 Å². The molecule has 18 heavy (non-hydrogen) atoms. The van der Waals surface area contributed by atoms with E-state index in [0.717, 1.165) is 27.6 Å². The molecule has 0 aliphatic heterocycles. The van der Waals surface area contributed by atoms with Crippen molar-refractivity contribution in [1.82, 2.24) is 14.6 Å². The molecule has 2 aromatic heterocycles. The van der Waals surface area contributed by atoms with Crippen LogP contribution in [-0.2, 0) is 6.42 Å². The standard InChI is InChI=1S/C12H11ClN4S/c13-9-3-1-2-8(6-9)11-16-17-7-10(4-5-14)15-12(17)18-11/h1-3,6-7H,4-5,14H2. The molecule has 1 aromatic carbocycles. The summed E-state index contributed by atoms with van der Waals surface area (Å²) in [5.74, 6) is 0. The minimum absolute atomic E-state index is 0.603. The smallest absolute Gasteiger partial charge is 0.212 e. The third-order valence-corrected chi connectivity index (χ3v) is 3.77. The second-order valence-corrected chi connectivity index (χ2v) is 5.31. The number of hydrogen-bond donors (Lipinski definition) is 1. The van der Waals surface area contributed by atoms with Crippen LogP contribution >= 0.6 is 22.9 Å². The third kappa shape index (κ3) is 2.12. The fourth-order valence-electron chi connectivity index (χ4n) is 1.75. The van der Waals surface area contributed by atoms with Gasteiger partial charge in [0, 0.05) is 17.0 Å². The molecule has 0 aliphatic carbocycles. The first-order valence-electron chi connectivity index (χ1n) is 5.57. The number of imidazole rings is 1. The van der Waals surface area contributed by atoms with E-state index in [2.05, 4.69) is 10.1 Å². The summed E-state index contributed by atoms with van der Waals surface area (Å²) in [6.07, 6.45) is 2.70. The molecular weight excluding hydrogens is 268 g/mol. The van der Waals surface area contributed by atoms with E-state index >= 15 is 0 Å². The third-order valence-electron chi connectivity index (χ3n) is 2.57. The Hall–Kier alpha value is -1.43. The summed E-state index contributed by atoms with van der Waals surface area (Å²) >= 11 is 7.52. The summed E-state index contributed by atoms with van der Waals surface area (Å²) in [7, 11) is 0. The van der Waals surface area contributed by atoms with Gasteiger partial charge in [0.1, 0.15) is 5.01 Å². The number of hydrogen-bond acceptors (Lipinski definition) is 4. The van der Waals surface area contributed by atoms with Crippen molar-refractivity contribution in [3.05, 3.63) is 41.2 Å². The second kappa shape index (κ2) is 4.68. The van der Waals surface area contributed by atoms with Crippen molar-refractivity contribution in [2.24, 2.45) is 5.73 Å². The molecule has 0 radical (unpaired) electrons. The zero-order chi connectivity index (χ0) is 12.5. The van der Waals surface area contributed by atoms with Gasteiger partial charge in [-0.15, -0.1) is 0 Å². The number of nitrogens with zero attached hydrogens (tertiary/aromatic N) is 3. The van der Waals surface area contributed by atoms with Crippen LogP contribution in [-0.4, -0.2) is 21.1 Å². The lowest BCUT2D eigenvalue weighted by atomic mass is 10.2. The van der Waals surface area contributed by atoms with Crippen LogP contribution in [0.2, 0.25) is 5.02 Å². The molecule has 0 saturated heterocycles. The summed E-state index contributed by atoms with van der Waals surface area (Å²) in [5.41, 5.74) is 7.50. The first-order valence-corrected chi connectivity index (χ1v) is 6.77. The van der Waals surface area contributed by atoms with Crippen LogP contribution in [0.4, 0.5) is 0 Å². The van der Waals surface area contributed by atoms with E-state index in [0.29, 0.717) is 11.6 Å². The fraction of sp³-hybridized carbons (Fsp3) is 0.167. The lowest BCUT2D eigenvalue weighted by Crippen LogP contribution is -2.02. The Kier molecular flexibility index (Phi) is 3.03. The van der Waals surface area contributed by atoms with Gasteiger partial charge >= 0.3 is 0 Å². The molecule has 6 heteroatoms. The Bertz CT molecular complexity index is 657. The Labute approximate surface area is 113 Å². The number of rotatable bonds is 3. The van der Waals surface area contributed by atoms with E-state index in [1.54, 1.807) is 15.9 Å². The van der Waals surface area contributed by atoms with Gasteiger partial charge in [-0.1, -0.05) is 35.1 Å². The van der Waals surface area contributed by atoms with E-state index < -0.39 is 0 Å². The highest BCUT2D eigenvalue weighted by Crippen LogP contribution is 2.27. The van der Waals surface area contributed by atoms with Crippen molar-refractivity contribution in [2.45, 2.75) is 6.42 Å². The zero-order valence-corrected chi connectivity index (χ0v) is 11.1. The van der Waals surface area contributed by atoms with Gasteiger partial charge in [-0.25, -0.2) is 9.50 Å². The maximum Gasteiger partial charge on any atom is 0.212 e. The van der Waals surface area contributed by atoms with E-state index in [1.807, 2.05) is 30.5 Å². The summed E-state index contributed by atoms with van der Waals surface area (Å²) < 4.78 is 1.80. The molecule has 2 N–H and O–H groups in total. The number of nitrogens with two attached hydrogens (primary N) is 1. The second-order valence-electron chi connectivity index (χ2n) is 3.92. The fourth-order valence-corrected chi connectivity index (χ4v) is 2.84. The zero-order valence-electron chi connectivity index (χ0n) is 9.51. The quantitative estimate of drug-likeness (QED) is 0.801. The highest BCUT2D eigenvalue weighted by atomic mass is 35.5. The lowest BCUT2D eigenvalue weighted by Gasteiger charge is -1.95. The molecule has 92 valence electrons. The SMILES string of the molecule is NCCc1cn2nc(-c3cccc(Cl)c3)sc2n1. The van der Waals surface area contributed by atoms with Gasteiger partial charge < -0.3 is 5.73 Å². The first-order chi connectivity index (χ1) is 8.76. The molecule has 0 unspecified atom stereocenters. The van der Waals surface area contributed by atoms with E-state index in [9.17, 15) is 0 Å². The van der Waals surface area contributed by atoms with Crippen LogP contribution in [0.3, 0.4) is 0 Å². The van der Waals surface area contributed by atoms with Gasteiger partial charge in [0.2, 0.25) is 4.96 Å². The Morgan fingerprint density at radius 2 is 2.28 bits per heavy atom. The number of halogens is 1. The van der Waals surface area contributed by atoms with Crippen molar-refractivity contribution in [3.8, 4) is 10.6 Å². The van der Waals surface area contributed by atoms with E-state index in [1.165, 1.54) is 0 Å². The molecule has 0 spiro atoms. The van der Waals surface area contributed by atoms with E-state index in [4.69, 9.17) is 17.3 Å². The lowest BCUT2D eigenvalue weighted by molar-refractivity contribution is 0.924. The molecule has 0 saturated carbocycles. The van der Waals surface area contributed by atoms with Gasteiger partial charge in [-0.2, -0.15) is 5.10 Å². The highest BCUT2D eigenvalue weighted by Gasteiger charge is 2.09. The summed E-state index contributed by atoms with van der Waals surface area (Å²) in [5, 5.41) is 6.13.